The second kappa shape index (κ2) is 3.93. The number of hydrogen-bond acceptors (Lipinski definition) is 5. The van der Waals surface area contributed by atoms with Gasteiger partial charge >= 0.3 is 12.1 Å². The van der Waals surface area contributed by atoms with Crippen LogP contribution in [-0.4, -0.2) is 43.7 Å². The predicted molar refractivity (Wildman–Crippen MR) is 45.7 cm³/mol. The highest BCUT2D eigenvalue weighted by molar-refractivity contribution is 5.91. The second-order valence-corrected chi connectivity index (χ2v) is 3.57. The summed E-state index contributed by atoms with van der Waals surface area (Å²) in [6.07, 6.45) is -5.12. The van der Waals surface area contributed by atoms with Gasteiger partial charge in [0.15, 0.2) is 0 Å². The smallest absolute Gasteiger partial charge is 0.453 e. The molecule has 0 aliphatic carbocycles. The van der Waals surface area contributed by atoms with Gasteiger partial charge in [0.25, 0.3) is 0 Å². The number of oxime groups is 1. The molecule has 0 saturated carbocycles. The summed E-state index contributed by atoms with van der Waals surface area (Å²) in [7, 11) is 0. The van der Waals surface area contributed by atoms with E-state index in [9.17, 15) is 18.0 Å². The zero-order chi connectivity index (χ0) is 11.8. The van der Waals surface area contributed by atoms with E-state index in [-0.39, 0.29) is 12.0 Å². The van der Waals surface area contributed by atoms with Crippen molar-refractivity contribution in [1.29, 1.82) is 0 Å². The Hall–Kier alpha value is -1.31. The third-order valence-corrected chi connectivity index (χ3v) is 2.47. The van der Waals surface area contributed by atoms with E-state index in [2.05, 4.69) is 15.2 Å². The number of carbonyl (C=O) groups excluding carboxylic acids is 1. The molecule has 2 rings (SSSR count). The van der Waals surface area contributed by atoms with Gasteiger partial charge in [0, 0.05) is 13.1 Å². The molecule has 0 spiro atoms. The van der Waals surface area contributed by atoms with E-state index in [1.165, 1.54) is 0 Å². The van der Waals surface area contributed by atoms with Crippen molar-refractivity contribution >= 4 is 11.7 Å². The molecule has 0 radical (unpaired) electrons. The highest BCUT2D eigenvalue weighted by Gasteiger charge is 2.43. The van der Waals surface area contributed by atoms with Gasteiger partial charge in [-0.1, -0.05) is 5.16 Å². The standard InChI is InChI=1S/C8H9F3N2O3/c9-8(10,11)7(14)15-3-5-4-1-12-2-6(4)16-13-5/h4,6,12H,1-3H2. The van der Waals surface area contributed by atoms with Gasteiger partial charge in [-0.05, 0) is 0 Å². The Morgan fingerprint density at radius 2 is 2.31 bits per heavy atom. The Labute approximate surface area is 88.6 Å². The van der Waals surface area contributed by atoms with Crippen molar-refractivity contribution in [3.63, 3.8) is 0 Å². The fourth-order valence-electron chi connectivity index (χ4n) is 1.66. The molecule has 2 aliphatic rings. The molecule has 0 amide bonds. The molecule has 0 aromatic carbocycles. The molecule has 2 unspecified atom stereocenters. The Morgan fingerprint density at radius 1 is 1.56 bits per heavy atom. The van der Waals surface area contributed by atoms with Crippen molar-refractivity contribution in [1.82, 2.24) is 5.32 Å². The molecule has 2 heterocycles. The van der Waals surface area contributed by atoms with Crippen molar-refractivity contribution in [3.05, 3.63) is 0 Å². The van der Waals surface area contributed by atoms with Crippen LogP contribution in [0.15, 0.2) is 5.16 Å². The van der Waals surface area contributed by atoms with Gasteiger partial charge < -0.3 is 14.9 Å². The van der Waals surface area contributed by atoms with E-state index >= 15 is 0 Å². The van der Waals surface area contributed by atoms with E-state index in [0.717, 1.165) is 0 Å². The number of nitrogens with zero attached hydrogens (tertiary/aromatic N) is 1. The van der Waals surface area contributed by atoms with E-state index in [1.54, 1.807) is 0 Å². The fourth-order valence-corrected chi connectivity index (χ4v) is 1.66. The van der Waals surface area contributed by atoms with E-state index in [1.807, 2.05) is 0 Å². The topological polar surface area (TPSA) is 59.9 Å². The monoisotopic (exact) mass is 238 g/mol. The Balaban J connectivity index is 1.85. The van der Waals surface area contributed by atoms with E-state index in [4.69, 9.17) is 4.84 Å². The summed E-state index contributed by atoms with van der Waals surface area (Å²) in [5.74, 6) is -2.30. The molecule has 5 nitrogen and oxygen atoms in total. The summed E-state index contributed by atoms with van der Waals surface area (Å²) in [5.41, 5.74) is 0.340. The van der Waals surface area contributed by atoms with Crippen LogP contribution in [0.1, 0.15) is 0 Å². The van der Waals surface area contributed by atoms with Gasteiger partial charge in [-0.15, -0.1) is 0 Å². The summed E-state index contributed by atoms with van der Waals surface area (Å²) >= 11 is 0. The Bertz CT molecular complexity index is 329. The molecule has 16 heavy (non-hydrogen) atoms. The summed E-state index contributed by atoms with van der Waals surface area (Å²) in [4.78, 5) is 15.4. The average Bonchev–Trinajstić information content (AvgIpc) is 2.74. The molecule has 2 aliphatic heterocycles. The largest absolute Gasteiger partial charge is 0.490 e. The van der Waals surface area contributed by atoms with E-state index < -0.39 is 18.8 Å². The van der Waals surface area contributed by atoms with Crippen molar-refractivity contribution in [3.8, 4) is 0 Å². The van der Waals surface area contributed by atoms with Crippen molar-refractivity contribution in [2.24, 2.45) is 11.1 Å². The van der Waals surface area contributed by atoms with Gasteiger partial charge in [-0.25, -0.2) is 4.79 Å². The number of nitrogens with one attached hydrogen (secondary N) is 1. The van der Waals surface area contributed by atoms with Crippen LogP contribution in [0.4, 0.5) is 13.2 Å². The lowest BCUT2D eigenvalue weighted by Crippen LogP contribution is -2.30. The zero-order valence-corrected chi connectivity index (χ0v) is 8.08. The minimum Gasteiger partial charge on any atom is -0.453 e. The number of ether oxygens (including phenoxy) is 1. The first-order valence-corrected chi connectivity index (χ1v) is 4.65. The number of alkyl halides is 3. The molecule has 1 N–H and O–H groups in total. The summed E-state index contributed by atoms with van der Waals surface area (Å²) in [6, 6.07) is 0. The van der Waals surface area contributed by atoms with Crippen LogP contribution in [0.3, 0.4) is 0 Å². The van der Waals surface area contributed by atoms with Crippen LogP contribution in [0.5, 0.6) is 0 Å². The molecule has 0 bridgehead atoms. The van der Waals surface area contributed by atoms with Crippen molar-refractivity contribution in [2.45, 2.75) is 12.3 Å². The molecular weight excluding hydrogens is 229 g/mol. The lowest BCUT2D eigenvalue weighted by atomic mass is 10.0. The predicted octanol–water partition coefficient (Wildman–Crippen LogP) is 0.0661. The number of esters is 1. The Kier molecular flexibility index (Phi) is 2.75. The second-order valence-electron chi connectivity index (χ2n) is 3.57. The SMILES string of the molecule is O=C(OCC1=NOC2CNCC12)C(F)(F)F. The van der Waals surface area contributed by atoms with E-state index in [0.29, 0.717) is 18.8 Å². The molecule has 8 heteroatoms. The normalized spacial score (nSPS) is 28.3. The van der Waals surface area contributed by atoms with Crippen molar-refractivity contribution in [2.75, 3.05) is 19.7 Å². The van der Waals surface area contributed by atoms with Crippen molar-refractivity contribution < 1.29 is 27.5 Å². The van der Waals surface area contributed by atoms with Crippen LogP contribution in [-0.2, 0) is 14.4 Å². The highest BCUT2D eigenvalue weighted by Crippen LogP contribution is 2.23. The third kappa shape index (κ3) is 2.11. The average molecular weight is 238 g/mol. The minimum absolute atomic E-state index is 0.0963. The van der Waals surface area contributed by atoms with Gasteiger partial charge in [-0.2, -0.15) is 13.2 Å². The summed E-state index contributed by atoms with van der Waals surface area (Å²) in [6.45, 7) is 0.707. The first-order chi connectivity index (χ1) is 7.48. The Morgan fingerprint density at radius 3 is 3.00 bits per heavy atom. The molecule has 2 atom stereocenters. The maximum atomic E-state index is 11.8. The molecule has 90 valence electrons. The molecule has 1 fully saturated rings. The molecule has 1 saturated heterocycles. The first-order valence-electron chi connectivity index (χ1n) is 4.65. The van der Waals surface area contributed by atoms with Gasteiger partial charge in [-0.3, -0.25) is 0 Å². The summed E-state index contributed by atoms with van der Waals surface area (Å²) < 4.78 is 39.6. The maximum absolute atomic E-state index is 11.8. The first kappa shape index (κ1) is 11.2. The lowest BCUT2D eigenvalue weighted by molar-refractivity contribution is -0.198. The lowest BCUT2D eigenvalue weighted by Gasteiger charge is -2.09. The van der Waals surface area contributed by atoms with Gasteiger partial charge in [0.05, 0.1) is 5.92 Å². The molecule has 0 aromatic rings. The number of halogens is 3. The van der Waals surface area contributed by atoms with Crippen LogP contribution in [0, 0.1) is 5.92 Å². The number of carbonyl (C=O) groups is 1. The van der Waals surface area contributed by atoms with Gasteiger partial charge in [0.1, 0.15) is 18.4 Å². The van der Waals surface area contributed by atoms with Crippen LogP contribution < -0.4 is 5.32 Å². The summed E-state index contributed by atoms with van der Waals surface area (Å²) in [5, 5.41) is 6.61. The third-order valence-electron chi connectivity index (χ3n) is 2.47. The van der Waals surface area contributed by atoms with Crippen LogP contribution >= 0.6 is 0 Å². The fraction of sp³-hybridized carbons (Fsp3) is 0.750. The maximum Gasteiger partial charge on any atom is 0.490 e. The van der Waals surface area contributed by atoms with Gasteiger partial charge in [0.2, 0.25) is 0 Å². The zero-order valence-electron chi connectivity index (χ0n) is 8.08. The number of rotatable bonds is 2. The molecule has 0 aromatic heterocycles. The quantitative estimate of drug-likeness (QED) is 0.691. The minimum atomic E-state index is -4.96. The van der Waals surface area contributed by atoms with Crippen LogP contribution in [0.2, 0.25) is 0 Å². The van der Waals surface area contributed by atoms with Crippen LogP contribution in [0.25, 0.3) is 0 Å². The highest BCUT2D eigenvalue weighted by atomic mass is 19.4. The number of fused-ring (bicyclic) bond motifs is 1. The number of hydrogen-bond donors (Lipinski definition) is 1. The molecular formula is C8H9F3N2O3.